The van der Waals surface area contributed by atoms with Crippen molar-refractivity contribution in [1.82, 2.24) is 10.3 Å². The second-order valence-electron chi connectivity index (χ2n) is 5.23. The molecule has 0 aliphatic heterocycles. The summed E-state index contributed by atoms with van der Waals surface area (Å²) in [7, 11) is 0. The van der Waals surface area contributed by atoms with E-state index >= 15 is 0 Å². The minimum absolute atomic E-state index is 0.0391. The van der Waals surface area contributed by atoms with Crippen molar-refractivity contribution >= 4 is 17.7 Å². The van der Waals surface area contributed by atoms with Crippen molar-refractivity contribution in [2.75, 3.05) is 0 Å². The number of hydrogen-bond acceptors (Lipinski definition) is 3. The Hall–Kier alpha value is -1.49. The van der Waals surface area contributed by atoms with Crippen LogP contribution in [0.1, 0.15) is 26.3 Å². The summed E-state index contributed by atoms with van der Waals surface area (Å²) in [5.74, 6) is -0.0999. The monoisotopic (exact) mass is 272 g/mol. The summed E-state index contributed by atoms with van der Waals surface area (Å²) < 4.78 is 0. The van der Waals surface area contributed by atoms with Crippen molar-refractivity contribution in [2.24, 2.45) is 5.41 Å². The van der Waals surface area contributed by atoms with Crippen molar-refractivity contribution < 1.29 is 15.0 Å². The highest BCUT2D eigenvalue weighted by molar-refractivity contribution is 6.30. The average molecular weight is 273 g/mol. The van der Waals surface area contributed by atoms with Gasteiger partial charge in [0.2, 0.25) is 0 Å². The van der Waals surface area contributed by atoms with E-state index < -0.39 is 6.09 Å². The van der Waals surface area contributed by atoms with Gasteiger partial charge in [0.15, 0.2) is 10.9 Å². The summed E-state index contributed by atoms with van der Waals surface area (Å²) in [4.78, 5) is 14.6. The summed E-state index contributed by atoms with van der Waals surface area (Å²) in [6.07, 6.45) is 0.902. The van der Waals surface area contributed by atoms with Gasteiger partial charge in [0, 0.05) is 12.2 Å². The lowest BCUT2D eigenvalue weighted by Gasteiger charge is -2.30. The van der Waals surface area contributed by atoms with Crippen LogP contribution in [0.5, 0.6) is 5.75 Å². The van der Waals surface area contributed by atoms with Gasteiger partial charge >= 0.3 is 6.09 Å². The van der Waals surface area contributed by atoms with Gasteiger partial charge in [-0.25, -0.2) is 9.78 Å². The maximum Gasteiger partial charge on any atom is 0.404 e. The van der Waals surface area contributed by atoms with E-state index in [9.17, 15) is 9.90 Å². The van der Waals surface area contributed by atoms with Gasteiger partial charge in [0.05, 0.1) is 0 Å². The highest BCUT2D eigenvalue weighted by Gasteiger charge is 2.26. The van der Waals surface area contributed by atoms with Crippen LogP contribution in [0.4, 0.5) is 4.79 Å². The SMILES string of the molecule is CC(C)(C)C(Cc1cnc(Cl)c(O)c1)NC(=O)O. The number of rotatable bonds is 3. The fourth-order valence-corrected chi connectivity index (χ4v) is 1.65. The van der Waals surface area contributed by atoms with Crippen molar-refractivity contribution in [1.29, 1.82) is 0 Å². The van der Waals surface area contributed by atoms with Crippen LogP contribution in [0.25, 0.3) is 0 Å². The quantitative estimate of drug-likeness (QED) is 0.739. The number of nitrogens with one attached hydrogen (secondary N) is 1. The molecule has 1 aromatic heterocycles. The molecule has 0 saturated carbocycles. The van der Waals surface area contributed by atoms with Crippen LogP contribution in [-0.2, 0) is 6.42 Å². The van der Waals surface area contributed by atoms with Crippen LogP contribution in [0.3, 0.4) is 0 Å². The molecule has 0 bridgehead atoms. The predicted molar refractivity (Wildman–Crippen MR) is 69.0 cm³/mol. The van der Waals surface area contributed by atoms with E-state index in [1.165, 1.54) is 12.3 Å². The molecular weight excluding hydrogens is 256 g/mol. The molecule has 1 atom stereocenters. The lowest BCUT2D eigenvalue weighted by atomic mass is 9.83. The van der Waals surface area contributed by atoms with Gasteiger partial charge in [-0.15, -0.1) is 0 Å². The fourth-order valence-electron chi connectivity index (χ4n) is 1.55. The van der Waals surface area contributed by atoms with Crippen LogP contribution in [0.2, 0.25) is 5.15 Å². The fraction of sp³-hybridized carbons (Fsp3) is 0.500. The number of halogens is 1. The predicted octanol–water partition coefficient (Wildman–Crippen LogP) is 2.67. The van der Waals surface area contributed by atoms with Crippen LogP contribution < -0.4 is 5.32 Å². The smallest absolute Gasteiger partial charge is 0.404 e. The summed E-state index contributed by atoms with van der Waals surface area (Å²) in [6, 6.07) is 1.22. The standard InChI is InChI=1S/C12H17ClN2O3/c1-12(2,3)9(15-11(17)18)5-7-4-8(16)10(13)14-6-7/h4,6,9,15-16H,5H2,1-3H3,(H,17,18). The van der Waals surface area contributed by atoms with Crippen LogP contribution in [-0.4, -0.2) is 27.3 Å². The van der Waals surface area contributed by atoms with E-state index in [1.807, 2.05) is 20.8 Å². The number of carboxylic acid groups (broad SMARTS) is 1. The van der Waals surface area contributed by atoms with Crippen molar-refractivity contribution in [3.05, 3.63) is 23.0 Å². The first kappa shape index (κ1) is 14.6. The number of pyridine rings is 1. The van der Waals surface area contributed by atoms with E-state index in [2.05, 4.69) is 10.3 Å². The van der Waals surface area contributed by atoms with E-state index in [0.29, 0.717) is 6.42 Å². The van der Waals surface area contributed by atoms with Crippen molar-refractivity contribution in [3.8, 4) is 5.75 Å². The van der Waals surface area contributed by atoms with E-state index in [-0.39, 0.29) is 22.4 Å². The van der Waals surface area contributed by atoms with E-state index in [0.717, 1.165) is 5.56 Å². The molecule has 0 fully saturated rings. The van der Waals surface area contributed by atoms with Crippen molar-refractivity contribution in [3.63, 3.8) is 0 Å². The molecule has 5 nitrogen and oxygen atoms in total. The lowest BCUT2D eigenvalue weighted by Crippen LogP contribution is -2.44. The third-order valence-corrected chi connectivity index (χ3v) is 2.95. The third-order valence-electron chi connectivity index (χ3n) is 2.66. The molecule has 0 saturated heterocycles. The highest BCUT2D eigenvalue weighted by atomic mass is 35.5. The number of aromatic nitrogens is 1. The Morgan fingerprint density at radius 1 is 1.56 bits per heavy atom. The first-order valence-corrected chi connectivity index (χ1v) is 5.91. The minimum atomic E-state index is -1.07. The maximum absolute atomic E-state index is 10.8. The topological polar surface area (TPSA) is 82.5 Å². The molecule has 0 radical (unpaired) electrons. The Bertz CT molecular complexity index is 443. The summed E-state index contributed by atoms with van der Waals surface area (Å²) >= 11 is 5.62. The molecule has 0 aromatic carbocycles. The molecule has 18 heavy (non-hydrogen) atoms. The number of nitrogens with zero attached hydrogens (tertiary/aromatic N) is 1. The van der Waals surface area contributed by atoms with E-state index in [4.69, 9.17) is 16.7 Å². The number of amides is 1. The van der Waals surface area contributed by atoms with Crippen molar-refractivity contribution in [2.45, 2.75) is 33.2 Å². The highest BCUT2D eigenvalue weighted by Crippen LogP contribution is 2.26. The minimum Gasteiger partial charge on any atom is -0.505 e. The zero-order valence-corrected chi connectivity index (χ0v) is 11.3. The molecular formula is C12H17ClN2O3. The molecule has 100 valence electrons. The second kappa shape index (κ2) is 5.44. The van der Waals surface area contributed by atoms with Gasteiger partial charge in [-0.3, -0.25) is 0 Å². The first-order valence-electron chi connectivity index (χ1n) is 5.53. The Kier molecular flexibility index (Phi) is 4.40. The Labute approximate surface area is 111 Å². The molecule has 0 aliphatic carbocycles. The van der Waals surface area contributed by atoms with Crippen LogP contribution >= 0.6 is 11.6 Å². The van der Waals surface area contributed by atoms with E-state index in [1.54, 1.807) is 0 Å². The molecule has 6 heteroatoms. The number of aromatic hydroxyl groups is 1. The molecule has 1 heterocycles. The summed E-state index contributed by atoms with van der Waals surface area (Å²) in [5, 5.41) is 20.8. The molecule has 1 unspecified atom stereocenters. The van der Waals surface area contributed by atoms with Gasteiger partial charge < -0.3 is 15.5 Å². The number of carbonyl (C=O) groups is 1. The van der Waals surface area contributed by atoms with Gasteiger partial charge in [0.25, 0.3) is 0 Å². The van der Waals surface area contributed by atoms with Crippen LogP contribution in [0.15, 0.2) is 12.3 Å². The van der Waals surface area contributed by atoms with Gasteiger partial charge in [0.1, 0.15) is 0 Å². The molecule has 0 spiro atoms. The molecule has 1 aromatic rings. The summed E-state index contributed by atoms with van der Waals surface area (Å²) in [6.45, 7) is 5.82. The maximum atomic E-state index is 10.8. The molecule has 1 rings (SSSR count). The Morgan fingerprint density at radius 3 is 2.61 bits per heavy atom. The Balaban J connectivity index is 2.89. The molecule has 1 amide bonds. The first-order chi connectivity index (χ1) is 8.20. The van der Waals surface area contributed by atoms with Gasteiger partial charge in [-0.05, 0) is 23.5 Å². The average Bonchev–Trinajstić information content (AvgIpc) is 2.20. The normalized spacial score (nSPS) is 13.1. The molecule has 3 N–H and O–H groups in total. The number of hydrogen-bond donors (Lipinski definition) is 3. The summed E-state index contributed by atoms with van der Waals surface area (Å²) in [5.41, 5.74) is 0.485. The third kappa shape index (κ3) is 4.07. The lowest BCUT2D eigenvalue weighted by molar-refractivity contribution is 0.174. The largest absolute Gasteiger partial charge is 0.505 e. The molecule has 0 aliphatic rings. The zero-order chi connectivity index (χ0) is 13.9. The van der Waals surface area contributed by atoms with Crippen LogP contribution in [0, 0.1) is 5.41 Å². The second-order valence-corrected chi connectivity index (χ2v) is 5.58. The van der Waals surface area contributed by atoms with Gasteiger partial charge in [-0.1, -0.05) is 32.4 Å². The van der Waals surface area contributed by atoms with Gasteiger partial charge in [-0.2, -0.15) is 0 Å². The zero-order valence-electron chi connectivity index (χ0n) is 10.6. The Morgan fingerprint density at radius 2 is 2.17 bits per heavy atom.